The Morgan fingerprint density at radius 1 is 1.00 bits per heavy atom. The zero-order valence-electron chi connectivity index (χ0n) is 17.0. The van der Waals surface area contributed by atoms with Gasteiger partial charge >= 0.3 is 5.97 Å². The van der Waals surface area contributed by atoms with Crippen LogP contribution in [0.15, 0.2) is 48.5 Å². The predicted molar refractivity (Wildman–Crippen MR) is 110 cm³/mol. The number of ether oxygens (including phenoxy) is 1. The van der Waals surface area contributed by atoms with Crippen LogP contribution in [0.1, 0.15) is 29.5 Å². The molecule has 0 atom stereocenters. The van der Waals surface area contributed by atoms with Gasteiger partial charge in [-0.25, -0.2) is 0 Å². The molecule has 6 nitrogen and oxygen atoms in total. The Bertz CT molecular complexity index is 899. The third kappa shape index (κ3) is 4.65. The van der Waals surface area contributed by atoms with E-state index in [9.17, 15) is 14.4 Å². The van der Waals surface area contributed by atoms with Crippen LogP contribution in [0.3, 0.4) is 0 Å². The molecular weight excluding hydrogens is 368 g/mol. The van der Waals surface area contributed by atoms with Gasteiger partial charge < -0.3 is 15.0 Å². The molecule has 0 spiro atoms. The van der Waals surface area contributed by atoms with Crippen LogP contribution in [0.2, 0.25) is 0 Å². The number of amides is 2. The molecule has 2 aromatic carbocycles. The highest BCUT2D eigenvalue weighted by atomic mass is 16.5. The van der Waals surface area contributed by atoms with E-state index in [1.54, 1.807) is 0 Å². The van der Waals surface area contributed by atoms with E-state index >= 15 is 0 Å². The lowest BCUT2D eigenvalue weighted by Gasteiger charge is -2.19. The second-order valence-corrected chi connectivity index (χ2v) is 7.59. The summed E-state index contributed by atoms with van der Waals surface area (Å²) in [6.45, 7) is 3.34. The van der Waals surface area contributed by atoms with E-state index in [2.05, 4.69) is 5.32 Å². The second-order valence-electron chi connectivity index (χ2n) is 7.59. The first kappa shape index (κ1) is 20.6. The van der Waals surface area contributed by atoms with Crippen molar-refractivity contribution in [3.63, 3.8) is 0 Å². The number of hydrogen-bond donors (Lipinski definition) is 1. The zero-order chi connectivity index (χ0) is 21.0. The highest BCUT2D eigenvalue weighted by molar-refractivity contribution is 5.96. The predicted octanol–water partition coefficient (Wildman–Crippen LogP) is 2.98. The van der Waals surface area contributed by atoms with Crippen LogP contribution in [-0.2, 0) is 24.5 Å². The second kappa shape index (κ2) is 8.47. The first-order chi connectivity index (χ1) is 13.8. The van der Waals surface area contributed by atoms with Gasteiger partial charge in [-0.15, -0.1) is 0 Å². The average Bonchev–Trinajstić information content (AvgIpc) is 3.51. The molecule has 1 saturated carbocycles. The lowest BCUT2D eigenvalue weighted by Crippen LogP contribution is -2.38. The van der Waals surface area contributed by atoms with Crippen molar-refractivity contribution < 1.29 is 19.1 Å². The molecule has 0 bridgehead atoms. The van der Waals surface area contributed by atoms with Crippen molar-refractivity contribution >= 4 is 23.5 Å². The Balaban J connectivity index is 1.51. The fraction of sp³-hybridized carbons (Fsp3) is 0.348. The zero-order valence-corrected chi connectivity index (χ0v) is 17.0. The number of anilines is 1. The van der Waals surface area contributed by atoms with Crippen molar-refractivity contribution in [2.75, 3.05) is 25.5 Å². The van der Waals surface area contributed by atoms with Crippen LogP contribution in [0, 0.1) is 13.8 Å². The molecule has 0 heterocycles. The number of para-hydroxylation sites is 1. The van der Waals surface area contributed by atoms with Gasteiger partial charge in [-0.3, -0.25) is 14.4 Å². The average molecular weight is 394 g/mol. The van der Waals surface area contributed by atoms with E-state index in [1.807, 2.05) is 62.4 Å². The SMILES string of the molecule is Cc1cccc(C)c1NC(=O)CN(C)C(=O)COC(=O)C1(c2ccccc2)CC1. The number of benzene rings is 2. The van der Waals surface area contributed by atoms with Gasteiger partial charge in [-0.05, 0) is 43.4 Å². The minimum absolute atomic E-state index is 0.117. The molecule has 2 aromatic rings. The Kier molecular flexibility index (Phi) is 6.01. The number of hydrogen-bond acceptors (Lipinski definition) is 4. The van der Waals surface area contributed by atoms with Crippen molar-refractivity contribution in [1.29, 1.82) is 0 Å². The van der Waals surface area contributed by atoms with E-state index in [1.165, 1.54) is 11.9 Å². The molecule has 0 unspecified atom stereocenters. The maximum Gasteiger partial charge on any atom is 0.317 e. The summed E-state index contributed by atoms with van der Waals surface area (Å²) in [5.74, 6) is -1.10. The minimum Gasteiger partial charge on any atom is -0.455 e. The molecule has 0 saturated heterocycles. The summed E-state index contributed by atoms with van der Waals surface area (Å²) >= 11 is 0. The van der Waals surface area contributed by atoms with Crippen molar-refractivity contribution in [3.05, 3.63) is 65.2 Å². The van der Waals surface area contributed by atoms with Crippen molar-refractivity contribution in [2.45, 2.75) is 32.1 Å². The highest BCUT2D eigenvalue weighted by Crippen LogP contribution is 2.49. The largest absolute Gasteiger partial charge is 0.455 e. The van der Waals surface area contributed by atoms with Gasteiger partial charge in [0.15, 0.2) is 6.61 Å². The summed E-state index contributed by atoms with van der Waals surface area (Å²) in [6, 6.07) is 15.2. The van der Waals surface area contributed by atoms with Gasteiger partial charge in [0, 0.05) is 12.7 Å². The standard InChI is InChI=1S/C23H26N2O4/c1-16-8-7-9-17(2)21(16)24-19(26)14-25(3)20(27)15-29-22(28)23(12-13-23)18-10-5-4-6-11-18/h4-11H,12-15H2,1-3H3,(H,24,26). The van der Waals surface area contributed by atoms with Crippen LogP contribution >= 0.6 is 0 Å². The molecule has 152 valence electrons. The van der Waals surface area contributed by atoms with Crippen LogP contribution in [-0.4, -0.2) is 42.9 Å². The van der Waals surface area contributed by atoms with Crippen LogP contribution in [0.5, 0.6) is 0 Å². The summed E-state index contributed by atoms with van der Waals surface area (Å²) in [5.41, 5.74) is 2.95. The molecule has 29 heavy (non-hydrogen) atoms. The van der Waals surface area contributed by atoms with Gasteiger partial charge in [0.05, 0.1) is 12.0 Å². The van der Waals surface area contributed by atoms with Crippen molar-refractivity contribution in [2.24, 2.45) is 0 Å². The molecule has 6 heteroatoms. The van der Waals surface area contributed by atoms with Gasteiger partial charge in [0.1, 0.15) is 0 Å². The molecule has 2 amide bonds. The van der Waals surface area contributed by atoms with E-state index < -0.39 is 11.3 Å². The molecule has 1 aliphatic rings. The van der Waals surface area contributed by atoms with E-state index in [0.717, 1.165) is 35.2 Å². The van der Waals surface area contributed by atoms with Gasteiger partial charge in [-0.2, -0.15) is 0 Å². The lowest BCUT2D eigenvalue weighted by atomic mass is 9.96. The molecule has 0 aromatic heterocycles. The third-order valence-corrected chi connectivity index (χ3v) is 5.35. The van der Waals surface area contributed by atoms with E-state index in [0.29, 0.717) is 0 Å². The quantitative estimate of drug-likeness (QED) is 0.733. The summed E-state index contributed by atoms with van der Waals surface area (Å²) < 4.78 is 5.28. The molecule has 1 fully saturated rings. The van der Waals surface area contributed by atoms with Crippen LogP contribution < -0.4 is 5.32 Å². The van der Waals surface area contributed by atoms with Gasteiger partial charge in [0.25, 0.3) is 5.91 Å². The third-order valence-electron chi connectivity index (χ3n) is 5.35. The first-order valence-corrected chi connectivity index (χ1v) is 9.66. The molecule has 1 N–H and O–H groups in total. The topological polar surface area (TPSA) is 75.7 Å². The van der Waals surface area contributed by atoms with Gasteiger partial charge in [0.2, 0.25) is 5.91 Å². The van der Waals surface area contributed by atoms with Crippen molar-refractivity contribution in [3.8, 4) is 0 Å². The molecular formula is C23H26N2O4. The smallest absolute Gasteiger partial charge is 0.317 e. The number of esters is 1. The Labute approximate surface area is 170 Å². The number of carbonyl (C=O) groups is 3. The first-order valence-electron chi connectivity index (χ1n) is 9.66. The maximum atomic E-state index is 12.5. The Morgan fingerprint density at radius 2 is 1.62 bits per heavy atom. The Hall–Kier alpha value is -3.15. The number of rotatable bonds is 7. The maximum absolute atomic E-state index is 12.5. The molecule has 1 aliphatic carbocycles. The summed E-state index contributed by atoms with van der Waals surface area (Å²) in [7, 11) is 1.52. The molecule has 0 radical (unpaired) electrons. The monoisotopic (exact) mass is 394 g/mol. The number of carbonyl (C=O) groups excluding carboxylic acids is 3. The van der Waals surface area contributed by atoms with E-state index in [-0.39, 0.29) is 25.0 Å². The highest BCUT2D eigenvalue weighted by Gasteiger charge is 2.52. The number of nitrogens with zero attached hydrogens (tertiary/aromatic N) is 1. The van der Waals surface area contributed by atoms with Crippen LogP contribution in [0.4, 0.5) is 5.69 Å². The minimum atomic E-state index is -0.625. The fourth-order valence-electron chi connectivity index (χ4n) is 3.36. The van der Waals surface area contributed by atoms with Crippen LogP contribution in [0.25, 0.3) is 0 Å². The number of aryl methyl sites for hydroxylation is 2. The lowest BCUT2D eigenvalue weighted by molar-refractivity contribution is -0.154. The summed E-state index contributed by atoms with van der Waals surface area (Å²) in [5, 5.41) is 2.84. The van der Waals surface area contributed by atoms with Gasteiger partial charge in [-0.1, -0.05) is 48.5 Å². The molecule has 3 rings (SSSR count). The van der Waals surface area contributed by atoms with E-state index in [4.69, 9.17) is 4.74 Å². The number of likely N-dealkylation sites (N-methyl/N-ethyl adjacent to an activating group) is 1. The van der Waals surface area contributed by atoms with Crippen molar-refractivity contribution in [1.82, 2.24) is 4.90 Å². The number of nitrogens with one attached hydrogen (secondary N) is 1. The Morgan fingerprint density at radius 3 is 2.21 bits per heavy atom. The normalized spacial score (nSPS) is 14.0. The summed E-state index contributed by atoms with van der Waals surface area (Å²) in [4.78, 5) is 38.4. The summed E-state index contributed by atoms with van der Waals surface area (Å²) in [6.07, 6.45) is 1.44. The fourth-order valence-corrected chi connectivity index (χ4v) is 3.36. The molecule has 0 aliphatic heterocycles.